The number of likely N-dealkylation sites (tertiary alicyclic amines) is 1. The van der Waals surface area contributed by atoms with E-state index in [1.807, 2.05) is 30.3 Å². The molecule has 1 aliphatic rings. The second kappa shape index (κ2) is 7.27. The van der Waals surface area contributed by atoms with E-state index in [1.165, 1.54) is 12.1 Å². The maximum atomic E-state index is 12.8. The third-order valence-corrected chi connectivity index (χ3v) is 4.35. The molecule has 0 saturated carbocycles. The number of alkyl halides is 3. The molecule has 1 N–H and O–H groups in total. The Bertz CT molecular complexity index is 708. The molecule has 0 aliphatic carbocycles. The number of nitrogens with one attached hydrogen (secondary N) is 1. The molecule has 1 heterocycles. The Morgan fingerprint density at radius 3 is 2.12 bits per heavy atom. The summed E-state index contributed by atoms with van der Waals surface area (Å²) in [5, 5.41) is 2.75. The molecular formula is C19H19F3N2O. The highest BCUT2D eigenvalue weighted by molar-refractivity contribution is 5.95. The van der Waals surface area contributed by atoms with Gasteiger partial charge in [-0.25, -0.2) is 0 Å². The Morgan fingerprint density at radius 2 is 1.56 bits per heavy atom. The molecule has 2 aromatic rings. The van der Waals surface area contributed by atoms with Gasteiger partial charge in [0.05, 0.1) is 5.56 Å². The van der Waals surface area contributed by atoms with Crippen molar-refractivity contribution in [2.24, 2.45) is 0 Å². The number of hydrogen-bond donors (Lipinski definition) is 1. The molecule has 1 saturated heterocycles. The van der Waals surface area contributed by atoms with Crippen molar-refractivity contribution in [2.75, 3.05) is 18.4 Å². The van der Waals surface area contributed by atoms with Crippen LogP contribution in [0.2, 0.25) is 0 Å². The summed E-state index contributed by atoms with van der Waals surface area (Å²) >= 11 is 0. The van der Waals surface area contributed by atoms with Crippen molar-refractivity contribution >= 4 is 11.6 Å². The maximum absolute atomic E-state index is 12.8. The van der Waals surface area contributed by atoms with Crippen LogP contribution >= 0.6 is 0 Å². The summed E-state index contributed by atoms with van der Waals surface area (Å²) in [7, 11) is 0. The van der Waals surface area contributed by atoms with Crippen LogP contribution in [0.1, 0.15) is 30.0 Å². The molecule has 132 valence electrons. The zero-order valence-corrected chi connectivity index (χ0v) is 13.6. The number of amides is 1. The number of carbonyl (C=O) groups excluding carboxylic acids is 1. The number of nitrogens with zero attached hydrogens (tertiary/aromatic N) is 1. The van der Waals surface area contributed by atoms with Gasteiger partial charge in [-0.1, -0.05) is 30.3 Å². The summed E-state index contributed by atoms with van der Waals surface area (Å²) in [6, 6.07) is 13.5. The highest BCUT2D eigenvalue weighted by Gasteiger charge is 2.31. The molecule has 3 rings (SSSR count). The number of rotatable bonds is 4. The number of halogens is 3. The minimum absolute atomic E-state index is 0.229. The van der Waals surface area contributed by atoms with E-state index in [0.717, 1.165) is 43.6 Å². The topological polar surface area (TPSA) is 32.3 Å². The van der Waals surface area contributed by atoms with Gasteiger partial charge in [0.25, 0.3) is 0 Å². The number of anilines is 1. The van der Waals surface area contributed by atoms with E-state index in [4.69, 9.17) is 0 Å². The lowest BCUT2D eigenvalue weighted by atomic mass is 10.0. The first-order valence-corrected chi connectivity index (χ1v) is 8.22. The molecule has 0 aromatic heterocycles. The van der Waals surface area contributed by atoms with Crippen molar-refractivity contribution in [1.29, 1.82) is 0 Å². The predicted octanol–water partition coefficient (Wildman–Crippen LogP) is 4.48. The molecule has 3 nitrogen and oxygen atoms in total. The summed E-state index contributed by atoms with van der Waals surface area (Å²) in [6.07, 6.45) is -2.31. The van der Waals surface area contributed by atoms with Crippen LogP contribution in [0.25, 0.3) is 0 Å². The van der Waals surface area contributed by atoms with E-state index in [9.17, 15) is 18.0 Å². The monoisotopic (exact) mass is 348 g/mol. The molecule has 2 aromatic carbocycles. The van der Waals surface area contributed by atoms with E-state index in [1.54, 1.807) is 0 Å². The zero-order valence-electron chi connectivity index (χ0n) is 13.6. The smallest absolute Gasteiger partial charge is 0.324 e. The lowest BCUT2D eigenvalue weighted by Gasteiger charge is -2.27. The molecule has 1 fully saturated rings. The van der Waals surface area contributed by atoms with Crippen LogP contribution in [0.5, 0.6) is 0 Å². The fourth-order valence-electron chi connectivity index (χ4n) is 3.12. The molecule has 1 atom stereocenters. The first-order chi connectivity index (χ1) is 11.9. The second-order valence-corrected chi connectivity index (χ2v) is 6.12. The Labute approximate surface area is 144 Å². The van der Waals surface area contributed by atoms with E-state index in [-0.39, 0.29) is 5.91 Å². The Kier molecular flexibility index (Phi) is 5.08. The van der Waals surface area contributed by atoms with Crippen LogP contribution in [0, 0.1) is 0 Å². The summed E-state index contributed by atoms with van der Waals surface area (Å²) in [5.74, 6) is -0.229. The molecule has 1 amide bonds. The van der Waals surface area contributed by atoms with Crippen molar-refractivity contribution in [2.45, 2.75) is 25.1 Å². The Hall–Kier alpha value is -2.34. The zero-order chi connectivity index (χ0) is 17.9. The molecule has 0 spiro atoms. The van der Waals surface area contributed by atoms with Crippen molar-refractivity contribution in [3.8, 4) is 0 Å². The summed E-state index contributed by atoms with van der Waals surface area (Å²) in [6.45, 7) is 1.67. The lowest BCUT2D eigenvalue weighted by Crippen LogP contribution is -2.35. The summed E-state index contributed by atoms with van der Waals surface area (Å²) < 4.78 is 37.9. The van der Waals surface area contributed by atoms with E-state index in [2.05, 4.69) is 10.2 Å². The van der Waals surface area contributed by atoms with Crippen LogP contribution in [0.4, 0.5) is 18.9 Å². The standard InChI is InChI=1S/C19H19F3N2O/c20-19(21,22)15-8-10-16(11-9-15)23-18(25)17(24-12-4-5-13-24)14-6-2-1-3-7-14/h1-3,6-11,17H,4-5,12-13H2,(H,23,25). The molecular weight excluding hydrogens is 329 g/mol. The minimum atomic E-state index is -4.38. The van der Waals surface area contributed by atoms with Gasteiger partial charge in [0.2, 0.25) is 5.91 Å². The molecule has 0 radical (unpaired) electrons. The largest absolute Gasteiger partial charge is 0.416 e. The normalized spacial score (nSPS) is 16.6. The molecule has 6 heteroatoms. The molecule has 0 bridgehead atoms. The van der Waals surface area contributed by atoms with Gasteiger partial charge in [-0.2, -0.15) is 13.2 Å². The van der Waals surface area contributed by atoms with Crippen molar-refractivity contribution in [1.82, 2.24) is 4.90 Å². The first kappa shape index (κ1) is 17.5. The minimum Gasteiger partial charge on any atom is -0.324 e. The average Bonchev–Trinajstić information content (AvgIpc) is 3.10. The predicted molar refractivity (Wildman–Crippen MR) is 90.1 cm³/mol. The van der Waals surface area contributed by atoms with Gasteiger partial charge in [0.15, 0.2) is 0 Å². The fraction of sp³-hybridized carbons (Fsp3) is 0.316. The molecule has 25 heavy (non-hydrogen) atoms. The van der Waals surface area contributed by atoms with Crippen molar-refractivity contribution < 1.29 is 18.0 Å². The Morgan fingerprint density at radius 1 is 0.960 bits per heavy atom. The number of carbonyl (C=O) groups is 1. The highest BCUT2D eigenvalue weighted by Crippen LogP contribution is 2.31. The maximum Gasteiger partial charge on any atom is 0.416 e. The van der Waals surface area contributed by atoms with Crippen molar-refractivity contribution in [3.63, 3.8) is 0 Å². The van der Waals surface area contributed by atoms with Gasteiger partial charge in [0, 0.05) is 5.69 Å². The highest BCUT2D eigenvalue weighted by atomic mass is 19.4. The third kappa shape index (κ3) is 4.20. The van der Waals surface area contributed by atoms with E-state index >= 15 is 0 Å². The van der Waals surface area contributed by atoms with E-state index < -0.39 is 17.8 Å². The fourth-order valence-corrected chi connectivity index (χ4v) is 3.12. The van der Waals surface area contributed by atoms with Gasteiger partial charge in [-0.05, 0) is 55.8 Å². The molecule has 1 aliphatic heterocycles. The average molecular weight is 348 g/mol. The van der Waals surface area contributed by atoms with Gasteiger partial charge < -0.3 is 5.32 Å². The third-order valence-electron chi connectivity index (χ3n) is 4.35. The number of hydrogen-bond acceptors (Lipinski definition) is 2. The Balaban J connectivity index is 1.78. The van der Waals surface area contributed by atoms with Gasteiger partial charge in [0.1, 0.15) is 6.04 Å². The summed E-state index contributed by atoms with van der Waals surface area (Å²) in [4.78, 5) is 14.9. The van der Waals surface area contributed by atoms with E-state index in [0.29, 0.717) is 5.69 Å². The van der Waals surface area contributed by atoms with Crippen LogP contribution < -0.4 is 5.32 Å². The summed E-state index contributed by atoms with van der Waals surface area (Å²) in [5.41, 5.74) is 0.511. The van der Waals surface area contributed by atoms with Gasteiger partial charge >= 0.3 is 6.18 Å². The quantitative estimate of drug-likeness (QED) is 0.883. The van der Waals surface area contributed by atoms with Gasteiger partial charge in [-0.15, -0.1) is 0 Å². The van der Waals surface area contributed by atoms with Crippen LogP contribution in [0.15, 0.2) is 54.6 Å². The molecule has 1 unspecified atom stereocenters. The first-order valence-electron chi connectivity index (χ1n) is 8.22. The van der Waals surface area contributed by atoms with Crippen molar-refractivity contribution in [3.05, 3.63) is 65.7 Å². The lowest BCUT2D eigenvalue weighted by molar-refractivity contribution is -0.137. The van der Waals surface area contributed by atoms with Crippen LogP contribution in [0.3, 0.4) is 0 Å². The second-order valence-electron chi connectivity index (χ2n) is 6.12. The van der Waals surface area contributed by atoms with Crippen LogP contribution in [-0.2, 0) is 11.0 Å². The van der Waals surface area contributed by atoms with Crippen LogP contribution in [-0.4, -0.2) is 23.9 Å². The van der Waals surface area contributed by atoms with Gasteiger partial charge in [-0.3, -0.25) is 9.69 Å². The SMILES string of the molecule is O=C(Nc1ccc(C(F)(F)F)cc1)C(c1ccccc1)N1CCCC1. The number of benzene rings is 2.